The summed E-state index contributed by atoms with van der Waals surface area (Å²) in [5.41, 5.74) is 0.425. The third-order valence-electron chi connectivity index (χ3n) is 4.03. The largest absolute Gasteiger partial charge is 0.496 e. The summed E-state index contributed by atoms with van der Waals surface area (Å²) < 4.78 is 25.4. The highest BCUT2D eigenvalue weighted by molar-refractivity contribution is 6.62. The molecule has 0 bridgehead atoms. The molecule has 2 aromatic heterocycles. The third kappa shape index (κ3) is 1.86. The third-order valence-corrected chi connectivity index (χ3v) is 4.03. The zero-order chi connectivity index (χ0) is 13.8. The van der Waals surface area contributed by atoms with Gasteiger partial charge in [-0.1, -0.05) is 0 Å². The molecule has 0 radical (unpaired) electrons. The van der Waals surface area contributed by atoms with Crippen molar-refractivity contribution in [2.45, 2.75) is 38.9 Å². The van der Waals surface area contributed by atoms with Gasteiger partial charge < -0.3 is 14.3 Å². The van der Waals surface area contributed by atoms with Crippen LogP contribution in [-0.2, 0) is 9.31 Å². The molecule has 1 aliphatic rings. The van der Waals surface area contributed by atoms with Gasteiger partial charge in [0.15, 0.2) is 0 Å². The van der Waals surface area contributed by atoms with E-state index >= 15 is 0 Å². The van der Waals surface area contributed by atoms with Crippen molar-refractivity contribution in [1.29, 1.82) is 0 Å². The van der Waals surface area contributed by atoms with Crippen molar-refractivity contribution in [3.8, 4) is 0 Å². The Labute approximate surface area is 111 Å². The van der Waals surface area contributed by atoms with Gasteiger partial charge in [-0.15, -0.1) is 0 Å². The average molecular weight is 262 g/mol. The Balaban J connectivity index is 2.00. The molecule has 0 spiro atoms. The average Bonchev–Trinajstić information content (AvgIpc) is 2.78. The van der Waals surface area contributed by atoms with Crippen molar-refractivity contribution in [3.05, 3.63) is 24.3 Å². The zero-order valence-corrected chi connectivity index (χ0v) is 11.5. The minimum Gasteiger partial charge on any atom is -0.399 e. The van der Waals surface area contributed by atoms with Crippen LogP contribution in [0, 0.1) is 5.82 Å². The number of nitrogens with zero attached hydrogens (tertiary/aromatic N) is 1. The summed E-state index contributed by atoms with van der Waals surface area (Å²) in [5.74, 6) is -0.319. The lowest BCUT2D eigenvalue weighted by Gasteiger charge is -2.32. The van der Waals surface area contributed by atoms with Gasteiger partial charge in [-0.05, 0) is 33.8 Å². The number of hydrogen-bond donors (Lipinski definition) is 1. The fourth-order valence-electron chi connectivity index (χ4n) is 2.10. The summed E-state index contributed by atoms with van der Waals surface area (Å²) in [4.78, 5) is 6.96. The van der Waals surface area contributed by atoms with Gasteiger partial charge in [0.25, 0.3) is 0 Å². The lowest BCUT2D eigenvalue weighted by atomic mass is 9.80. The molecule has 3 heterocycles. The van der Waals surface area contributed by atoms with Crippen LogP contribution in [-0.4, -0.2) is 28.3 Å². The van der Waals surface area contributed by atoms with Crippen LogP contribution in [0.1, 0.15) is 27.7 Å². The van der Waals surface area contributed by atoms with Crippen LogP contribution in [0.15, 0.2) is 18.5 Å². The van der Waals surface area contributed by atoms with Gasteiger partial charge in [-0.25, -0.2) is 9.37 Å². The van der Waals surface area contributed by atoms with Crippen LogP contribution in [0.4, 0.5) is 4.39 Å². The minimum atomic E-state index is -0.517. The van der Waals surface area contributed by atoms with Crippen LogP contribution in [0.3, 0.4) is 0 Å². The summed E-state index contributed by atoms with van der Waals surface area (Å²) >= 11 is 0. The molecule has 1 aliphatic heterocycles. The van der Waals surface area contributed by atoms with E-state index in [1.807, 2.05) is 27.7 Å². The molecule has 0 atom stereocenters. The fourth-order valence-corrected chi connectivity index (χ4v) is 2.10. The fraction of sp³-hybridized carbons (Fsp3) is 0.462. The van der Waals surface area contributed by atoms with E-state index in [0.29, 0.717) is 11.0 Å². The second-order valence-corrected chi connectivity index (χ2v) is 5.89. The molecule has 0 unspecified atom stereocenters. The van der Waals surface area contributed by atoms with E-state index in [4.69, 9.17) is 9.31 Å². The molecular formula is C13H16BFN2O2. The smallest absolute Gasteiger partial charge is 0.399 e. The summed E-state index contributed by atoms with van der Waals surface area (Å²) in [5, 5.41) is 0.451. The number of rotatable bonds is 1. The van der Waals surface area contributed by atoms with Crippen LogP contribution in [0.25, 0.3) is 11.0 Å². The topological polar surface area (TPSA) is 47.1 Å². The predicted octanol–water partition coefficient (Wildman–Crippen LogP) is 2.00. The predicted molar refractivity (Wildman–Crippen MR) is 71.8 cm³/mol. The van der Waals surface area contributed by atoms with Gasteiger partial charge in [0.2, 0.25) is 0 Å². The molecule has 0 saturated carbocycles. The number of pyridine rings is 1. The van der Waals surface area contributed by atoms with Crippen LogP contribution < -0.4 is 5.46 Å². The molecule has 0 aromatic carbocycles. The maximum atomic E-state index is 13.6. The number of H-pyrrole nitrogens is 1. The number of aromatic amines is 1. The quantitative estimate of drug-likeness (QED) is 0.799. The van der Waals surface area contributed by atoms with E-state index in [1.165, 1.54) is 6.20 Å². The van der Waals surface area contributed by atoms with E-state index in [2.05, 4.69) is 9.97 Å². The Kier molecular flexibility index (Phi) is 2.53. The standard InChI is InChI=1S/C13H16BFN2O2/c1-12(2)13(3,4)19-14(18-12)8-5-9-10(15)7-17-11(9)16-6-8/h5-7H,1-4H3,(H,16,17). The molecule has 3 rings (SSSR count). The van der Waals surface area contributed by atoms with Crippen molar-refractivity contribution in [1.82, 2.24) is 9.97 Å². The van der Waals surface area contributed by atoms with E-state index in [0.717, 1.165) is 5.46 Å². The van der Waals surface area contributed by atoms with Gasteiger partial charge in [0.1, 0.15) is 11.5 Å². The number of hydrogen-bond acceptors (Lipinski definition) is 3. The highest BCUT2D eigenvalue weighted by Crippen LogP contribution is 2.36. The van der Waals surface area contributed by atoms with Gasteiger partial charge in [0.05, 0.1) is 16.6 Å². The van der Waals surface area contributed by atoms with E-state index in [9.17, 15) is 4.39 Å². The van der Waals surface area contributed by atoms with Gasteiger partial charge >= 0.3 is 7.12 Å². The first kappa shape index (κ1) is 12.6. The van der Waals surface area contributed by atoms with Crippen LogP contribution >= 0.6 is 0 Å². The second-order valence-electron chi connectivity index (χ2n) is 5.89. The molecule has 2 aromatic rings. The summed E-state index contributed by atoms with van der Waals surface area (Å²) in [7, 11) is -0.517. The summed E-state index contributed by atoms with van der Waals surface area (Å²) in [6.45, 7) is 7.93. The molecule has 0 aliphatic carbocycles. The Bertz CT molecular complexity index is 623. The van der Waals surface area contributed by atoms with Crippen molar-refractivity contribution < 1.29 is 13.7 Å². The van der Waals surface area contributed by atoms with Crippen LogP contribution in [0.2, 0.25) is 0 Å². The zero-order valence-electron chi connectivity index (χ0n) is 11.5. The Hall–Kier alpha value is -1.40. The first-order valence-corrected chi connectivity index (χ1v) is 6.28. The van der Waals surface area contributed by atoms with E-state index in [1.54, 1.807) is 12.3 Å². The Morgan fingerprint density at radius 3 is 2.47 bits per heavy atom. The Morgan fingerprint density at radius 1 is 1.21 bits per heavy atom. The first-order chi connectivity index (χ1) is 8.80. The maximum Gasteiger partial charge on any atom is 0.496 e. The lowest BCUT2D eigenvalue weighted by Crippen LogP contribution is -2.41. The number of aromatic nitrogens is 2. The summed E-state index contributed by atoms with van der Waals surface area (Å²) in [6, 6.07) is 1.72. The van der Waals surface area contributed by atoms with Gasteiger partial charge in [-0.2, -0.15) is 0 Å². The van der Waals surface area contributed by atoms with Crippen molar-refractivity contribution in [2.24, 2.45) is 0 Å². The van der Waals surface area contributed by atoms with E-state index < -0.39 is 18.3 Å². The van der Waals surface area contributed by atoms with Crippen molar-refractivity contribution in [3.63, 3.8) is 0 Å². The Morgan fingerprint density at radius 2 is 1.84 bits per heavy atom. The van der Waals surface area contributed by atoms with Crippen LogP contribution in [0.5, 0.6) is 0 Å². The molecule has 100 valence electrons. The van der Waals surface area contributed by atoms with E-state index in [-0.39, 0.29) is 5.82 Å². The first-order valence-electron chi connectivity index (χ1n) is 6.28. The molecule has 1 N–H and O–H groups in total. The molecule has 6 heteroatoms. The lowest BCUT2D eigenvalue weighted by molar-refractivity contribution is 0.00578. The molecule has 19 heavy (non-hydrogen) atoms. The molecular weight excluding hydrogens is 246 g/mol. The van der Waals surface area contributed by atoms with Crippen molar-refractivity contribution in [2.75, 3.05) is 0 Å². The molecule has 0 amide bonds. The maximum absolute atomic E-state index is 13.6. The second kappa shape index (κ2) is 3.80. The highest BCUT2D eigenvalue weighted by atomic mass is 19.1. The summed E-state index contributed by atoms with van der Waals surface area (Å²) in [6.07, 6.45) is 2.95. The van der Waals surface area contributed by atoms with Crippen molar-refractivity contribution >= 4 is 23.6 Å². The molecule has 4 nitrogen and oxygen atoms in total. The SMILES string of the molecule is CC1(C)OB(c2cnc3[nH]cc(F)c3c2)OC1(C)C. The van der Waals surface area contributed by atoms with Gasteiger partial charge in [-0.3, -0.25) is 0 Å². The number of halogens is 1. The van der Waals surface area contributed by atoms with Gasteiger partial charge in [0, 0.05) is 17.9 Å². The number of nitrogens with one attached hydrogen (secondary N) is 1. The minimum absolute atomic E-state index is 0.319. The molecule has 1 saturated heterocycles. The molecule has 1 fully saturated rings. The highest BCUT2D eigenvalue weighted by Gasteiger charge is 2.51. The normalized spacial score (nSPS) is 21.2. The monoisotopic (exact) mass is 262 g/mol. The number of fused-ring (bicyclic) bond motifs is 1.